The van der Waals surface area contributed by atoms with Gasteiger partial charge in [-0.25, -0.2) is 0 Å². The van der Waals surface area contributed by atoms with Crippen molar-refractivity contribution < 1.29 is 18.9 Å². The molecule has 8 heteroatoms. The molecule has 2 aromatic rings. The monoisotopic (exact) mass is 417 g/mol. The van der Waals surface area contributed by atoms with Crippen LogP contribution in [0.4, 0.5) is 5.69 Å². The van der Waals surface area contributed by atoms with Gasteiger partial charge >= 0.3 is 0 Å². The molecule has 2 amide bonds. The van der Waals surface area contributed by atoms with E-state index in [4.69, 9.17) is 4.42 Å². The van der Waals surface area contributed by atoms with Crippen LogP contribution in [0.2, 0.25) is 0 Å². The lowest BCUT2D eigenvalue weighted by molar-refractivity contribution is -0.384. The van der Waals surface area contributed by atoms with E-state index >= 15 is 0 Å². The zero-order chi connectivity index (χ0) is 21.4. The molecule has 2 heterocycles. The Balaban J connectivity index is 1.26. The molecular formula is C23H19N3O5. The first-order valence-electron chi connectivity index (χ1n) is 10.4. The molecule has 2 saturated carbocycles. The highest BCUT2D eigenvalue weighted by atomic mass is 16.6. The minimum atomic E-state index is -0.450. The third kappa shape index (κ3) is 2.57. The average Bonchev–Trinajstić information content (AvgIpc) is 3.39. The first-order valence-corrected chi connectivity index (χ1v) is 10.4. The molecule has 6 atom stereocenters. The van der Waals surface area contributed by atoms with Gasteiger partial charge in [0.1, 0.15) is 11.5 Å². The van der Waals surface area contributed by atoms with Gasteiger partial charge in [-0.05, 0) is 60.8 Å². The quantitative estimate of drug-likeness (QED) is 0.249. The van der Waals surface area contributed by atoms with Crippen molar-refractivity contribution in [1.82, 2.24) is 5.01 Å². The summed E-state index contributed by atoms with van der Waals surface area (Å²) in [6, 6.07) is 8.13. The largest absolute Gasteiger partial charge is 0.455 e. The summed E-state index contributed by atoms with van der Waals surface area (Å²) in [7, 11) is 0. The van der Waals surface area contributed by atoms with Crippen LogP contribution in [0.5, 0.6) is 0 Å². The van der Waals surface area contributed by atoms with Crippen molar-refractivity contribution in [2.24, 2.45) is 40.6 Å². The molecule has 1 aromatic heterocycles. The van der Waals surface area contributed by atoms with Gasteiger partial charge in [0.2, 0.25) is 0 Å². The van der Waals surface area contributed by atoms with E-state index in [9.17, 15) is 19.7 Å². The summed E-state index contributed by atoms with van der Waals surface area (Å²) in [4.78, 5) is 36.8. The van der Waals surface area contributed by atoms with Crippen molar-refractivity contribution in [3.05, 3.63) is 63.9 Å². The Morgan fingerprint density at radius 2 is 1.77 bits per heavy atom. The van der Waals surface area contributed by atoms with Gasteiger partial charge in [-0.2, -0.15) is 10.1 Å². The van der Waals surface area contributed by atoms with E-state index in [1.165, 1.54) is 12.3 Å². The zero-order valence-electron chi connectivity index (χ0n) is 16.7. The second kappa shape index (κ2) is 6.23. The Bertz CT molecular complexity index is 1180. The third-order valence-electron chi connectivity index (χ3n) is 7.18. The molecule has 1 saturated heterocycles. The first kappa shape index (κ1) is 18.2. The lowest BCUT2D eigenvalue weighted by atomic mass is 9.63. The molecule has 5 aliphatic rings. The number of allylic oxidation sites excluding steroid dienone is 2. The number of furan rings is 1. The summed E-state index contributed by atoms with van der Waals surface area (Å²) >= 11 is 0. The van der Waals surface area contributed by atoms with Crippen LogP contribution in [-0.4, -0.2) is 28.0 Å². The molecule has 1 aromatic carbocycles. The molecule has 7 rings (SSSR count). The lowest BCUT2D eigenvalue weighted by Crippen LogP contribution is -2.40. The number of carbonyl (C=O) groups is 2. The Hall–Kier alpha value is -3.55. The van der Waals surface area contributed by atoms with Crippen LogP contribution in [0, 0.1) is 52.5 Å². The van der Waals surface area contributed by atoms with Gasteiger partial charge in [-0.15, -0.1) is 0 Å². The highest BCUT2D eigenvalue weighted by Crippen LogP contribution is 2.65. The van der Waals surface area contributed by atoms with E-state index < -0.39 is 4.92 Å². The second-order valence-electron chi connectivity index (χ2n) is 8.87. The summed E-state index contributed by atoms with van der Waals surface area (Å²) in [5, 5.41) is 16.5. The Morgan fingerprint density at radius 3 is 2.42 bits per heavy atom. The van der Waals surface area contributed by atoms with Crippen LogP contribution >= 0.6 is 0 Å². The van der Waals surface area contributed by atoms with E-state index in [2.05, 4.69) is 17.3 Å². The molecular weight excluding hydrogens is 398 g/mol. The van der Waals surface area contributed by atoms with Crippen molar-refractivity contribution in [2.45, 2.75) is 13.3 Å². The number of rotatable bonds is 4. The fourth-order valence-electron chi connectivity index (χ4n) is 5.74. The molecule has 0 unspecified atom stereocenters. The molecule has 0 spiro atoms. The van der Waals surface area contributed by atoms with Crippen molar-refractivity contribution in [2.75, 3.05) is 0 Å². The van der Waals surface area contributed by atoms with Crippen molar-refractivity contribution in [3.8, 4) is 11.3 Å². The molecule has 0 radical (unpaired) electrons. The van der Waals surface area contributed by atoms with Crippen LogP contribution in [0.15, 0.2) is 52.0 Å². The maximum atomic E-state index is 13.0. The molecule has 0 N–H and O–H groups in total. The zero-order valence-corrected chi connectivity index (χ0v) is 16.7. The van der Waals surface area contributed by atoms with E-state index in [1.807, 2.05) is 0 Å². The number of benzene rings is 1. The predicted molar refractivity (Wildman–Crippen MR) is 110 cm³/mol. The van der Waals surface area contributed by atoms with Gasteiger partial charge < -0.3 is 4.42 Å². The van der Waals surface area contributed by atoms with Gasteiger partial charge in [0.15, 0.2) is 0 Å². The minimum absolute atomic E-state index is 0.0478. The standard InChI is InChI=1S/C23H19N3O5/c1-11-2-4-15(18(8-11)26(29)30)19-7-3-12(31-19)10-24-25-22(27)20-13-5-6-14(17-9-16(13)17)21(20)23(25)28/h2-8,10,13-14,16-17,20-21H,9H2,1H3/b24-10-/t13-,14-,16-,17+,20+,21+/m1/s1. The number of imide groups is 1. The van der Waals surface area contributed by atoms with Crippen LogP contribution in [0.3, 0.4) is 0 Å². The van der Waals surface area contributed by atoms with Crippen molar-refractivity contribution >= 4 is 23.7 Å². The van der Waals surface area contributed by atoms with Crippen molar-refractivity contribution in [3.63, 3.8) is 0 Å². The van der Waals surface area contributed by atoms with E-state index in [1.54, 1.807) is 31.2 Å². The number of hydrogen-bond acceptors (Lipinski definition) is 6. The highest BCUT2D eigenvalue weighted by Gasteiger charge is 2.67. The molecule has 3 fully saturated rings. The predicted octanol–water partition coefficient (Wildman–Crippen LogP) is 3.55. The average molecular weight is 417 g/mol. The van der Waals surface area contributed by atoms with Crippen LogP contribution < -0.4 is 0 Å². The highest BCUT2D eigenvalue weighted by molar-refractivity contribution is 6.06. The Kier molecular flexibility index (Phi) is 3.66. The van der Waals surface area contributed by atoms with E-state index in [0.29, 0.717) is 28.9 Å². The Labute approximate surface area is 177 Å². The number of nitro benzene ring substituents is 1. The van der Waals surface area contributed by atoms with E-state index in [0.717, 1.165) is 17.0 Å². The molecule has 31 heavy (non-hydrogen) atoms. The number of carbonyl (C=O) groups excluding carboxylic acids is 2. The molecule has 1 aliphatic heterocycles. The number of nitrogens with zero attached hydrogens (tertiary/aromatic N) is 3. The fourth-order valence-corrected chi connectivity index (χ4v) is 5.74. The topological polar surface area (TPSA) is 106 Å². The molecule has 2 bridgehead atoms. The summed E-state index contributed by atoms with van der Waals surface area (Å²) in [5.74, 6) is 0.922. The van der Waals surface area contributed by atoms with Crippen LogP contribution in [0.25, 0.3) is 11.3 Å². The van der Waals surface area contributed by atoms with Gasteiger partial charge in [0.25, 0.3) is 17.5 Å². The maximum Gasteiger partial charge on any atom is 0.280 e. The summed E-state index contributed by atoms with van der Waals surface area (Å²) < 4.78 is 5.71. The van der Waals surface area contributed by atoms with Crippen LogP contribution in [-0.2, 0) is 9.59 Å². The van der Waals surface area contributed by atoms with Crippen LogP contribution in [0.1, 0.15) is 17.7 Å². The maximum absolute atomic E-state index is 13.0. The molecule has 8 nitrogen and oxygen atoms in total. The van der Waals surface area contributed by atoms with Gasteiger partial charge in [-0.1, -0.05) is 18.2 Å². The van der Waals surface area contributed by atoms with Gasteiger partial charge in [-0.3, -0.25) is 19.7 Å². The summed E-state index contributed by atoms with van der Waals surface area (Å²) in [5.41, 5.74) is 1.09. The number of amides is 2. The SMILES string of the molecule is Cc1ccc(-c2ccc(/C=N\N3C(=O)[C@H]4[C@@H]5C=C[C@H]([C@@H]6C[C@H]56)[C@@H]4C3=O)o2)c([N+](=O)[O-])c1. The first-order chi connectivity index (χ1) is 14.9. The van der Waals surface area contributed by atoms with Gasteiger partial charge in [0, 0.05) is 6.07 Å². The van der Waals surface area contributed by atoms with Crippen molar-refractivity contribution in [1.29, 1.82) is 0 Å². The summed E-state index contributed by atoms with van der Waals surface area (Å²) in [6.07, 6.45) is 6.67. The second-order valence-corrected chi connectivity index (χ2v) is 8.87. The Morgan fingerprint density at radius 1 is 1.10 bits per heavy atom. The van der Waals surface area contributed by atoms with E-state index in [-0.39, 0.29) is 41.2 Å². The minimum Gasteiger partial charge on any atom is -0.455 e. The van der Waals surface area contributed by atoms with Gasteiger partial charge in [0.05, 0.1) is 28.5 Å². The number of nitro groups is 1. The number of hydrazone groups is 1. The lowest BCUT2D eigenvalue weighted by Gasteiger charge is -2.37. The summed E-state index contributed by atoms with van der Waals surface area (Å²) in [6.45, 7) is 1.78. The number of hydrogen-bond donors (Lipinski definition) is 0. The molecule has 4 aliphatic carbocycles. The smallest absolute Gasteiger partial charge is 0.280 e. The fraction of sp³-hybridized carbons (Fsp3) is 0.348. The normalized spacial score (nSPS) is 32.6. The third-order valence-corrected chi connectivity index (χ3v) is 7.18. The number of aryl methyl sites for hydroxylation is 1. The molecule has 156 valence electrons.